The van der Waals surface area contributed by atoms with Crippen molar-refractivity contribution in [3.8, 4) is 0 Å². The van der Waals surface area contributed by atoms with E-state index in [1.54, 1.807) is 0 Å². The van der Waals surface area contributed by atoms with Gasteiger partial charge in [-0.1, -0.05) is 20.8 Å². The fourth-order valence-electron chi connectivity index (χ4n) is 3.78. The van der Waals surface area contributed by atoms with Gasteiger partial charge in [-0.15, -0.1) is 0 Å². The zero-order valence-corrected chi connectivity index (χ0v) is 15.7. The molecule has 6 heteroatoms. The van der Waals surface area contributed by atoms with Crippen LogP contribution in [0.4, 0.5) is 5.95 Å². The highest BCUT2D eigenvalue weighted by Crippen LogP contribution is 2.19. The third-order valence-corrected chi connectivity index (χ3v) is 5.36. The van der Waals surface area contributed by atoms with Crippen LogP contribution in [0.15, 0.2) is 12.4 Å². The van der Waals surface area contributed by atoms with Gasteiger partial charge in [-0.25, -0.2) is 9.97 Å². The van der Waals surface area contributed by atoms with Gasteiger partial charge in [-0.3, -0.25) is 4.79 Å². The second-order valence-electron chi connectivity index (χ2n) is 7.78. The monoisotopic (exact) mass is 345 g/mol. The molecule has 2 fully saturated rings. The Labute approximate surface area is 151 Å². The van der Waals surface area contributed by atoms with Gasteiger partial charge in [0.15, 0.2) is 0 Å². The lowest BCUT2D eigenvalue weighted by atomic mass is 9.93. The Morgan fingerprint density at radius 3 is 2.52 bits per heavy atom. The van der Waals surface area contributed by atoms with Gasteiger partial charge in [0.25, 0.3) is 0 Å². The van der Waals surface area contributed by atoms with Crippen molar-refractivity contribution in [2.45, 2.75) is 52.6 Å². The topological polar surface area (TPSA) is 61.4 Å². The molecule has 0 bridgehead atoms. The molecule has 0 radical (unpaired) electrons. The number of anilines is 1. The molecule has 1 aromatic heterocycles. The molecule has 6 nitrogen and oxygen atoms in total. The fraction of sp³-hybridized carbons (Fsp3) is 0.737. The molecule has 138 valence electrons. The van der Waals surface area contributed by atoms with Crippen LogP contribution in [0.3, 0.4) is 0 Å². The molecule has 2 atom stereocenters. The van der Waals surface area contributed by atoms with Gasteiger partial charge in [0.05, 0.1) is 0 Å². The maximum absolute atomic E-state index is 12.2. The minimum atomic E-state index is 0.0861. The van der Waals surface area contributed by atoms with Crippen LogP contribution < -0.4 is 10.2 Å². The lowest BCUT2D eigenvalue weighted by Gasteiger charge is -2.38. The minimum absolute atomic E-state index is 0.0861. The van der Waals surface area contributed by atoms with Crippen molar-refractivity contribution in [1.82, 2.24) is 20.2 Å². The maximum Gasteiger partial charge on any atom is 0.225 e. The summed E-state index contributed by atoms with van der Waals surface area (Å²) in [6, 6.07) is 0.439. The van der Waals surface area contributed by atoms with Gasteiger partial charge < -0.3 is 15.1 Å². The standard InChI is InChI=1S/C19H31N5O/c1-14(2)18(25)24-9-6-17(15(3)13-24)20-10-16-11-21-19(22-12-16)23-7-4-5-8-23/h11-12,14-15,17,20H,4-10,13H2,1-3H3/t15-,17-/m0/s1. The Hall–Kier alpha value is -1.69. The lowest BCUT2D eigenvalue weighted by molar-refractivity contribution is -0.136. The van der Waals surface area contributed by atoms with E-state index in [1.807, 2.05) is 31.1 Å². The van der Waals surface area contributed by atoms with E-state index >= 15 is 0 Å². The third-order valence-electron chi connectivity index (χ3n) is 5.36. The van der Waals surface area contributed by atoms with E-state index in [0.717, 1.165) is 50.7 Å². The number of amides is 1. The molecule has 1 N–H and O–H groups in total. The molecule has 0 unspecified atom stereocenters. The molecule has 2 aliphatic heterocycles. The second kappa shape index (κ2) is 8.13. The molecule has 25 heavy (non-hydrogen) atoms. The predicted molar refractivity (Wildman–Crippen MR) is 99.3 cm³/mol. The molecular weight excluding hydrogens is 314 g/mol. The van der Waals surface area contributed by atoms with Crippen LogP contribution in [0, 0.1) is 11.8 Å². The molecule has 0 aliphatic carbocycles. The molecule has 2 saturated heterocycles. The smallest absolute Gasteiger partial charge is 0.225 e. The Balaban J connectivity index is 1.48. The molecule has 1 amide bonds. The van der Waals surface area contributed by atoms with Gasteiger partial charge in [0.1, 0.15) is 0 Å². The molecule has 2 aliphatic rings. The molecule has 0 aromatic carbocycles. The first kappa shape index (κ1) is 18.1. The summed E-state index contributed by atoms with van der Waals surface area (Å²) in [6.45, 7) is 10.8. The summed E-state index contributed by atoms with van der Waals surface area (Å²) in [7, 11) is 0. The Morgan fingerprint density at radius 1 is 1.24 bits per heavy atom. The number of rotatable bonds is 5. The summed E-state index contributed by atoms with van der Waals surface area (Å²) in [5.74, 6) is 1.68. The zero-order chi connectivity index (χ0) is 17.8. The number of nitrogens with zero attached hydrogens (tertiary/aromatic N) is 4. The van der Waals surface area contributed by atoms with E-state index in [2.05, 4.69) is 27.1 Å². The molecule has 1 aromatic rings. The fourth-order valence-corrected chi connectivity index (χ4v) is 3.78. The summed E-state index contributed by atoms with van der Waals surface area (Å²) < 4.78 is 0. The maximum atomic E-state index is 12.2. The van der Waals surface area contributed by atoms with Crippen molar-refractivity contribution in [2.75, 3.05) is 31.1 Å². The number of aromatic nitrogens is 2. The number of hydrogen-bond acceptors (Lipinski definition) is 5. The van der Waals surface area contributed by atoms with Crippen LogP contribution in [0.2, 0.25) is 0 Å². The summed E-state index contributed by atoms with van der Waals surface area (Å²) in [5, 5.41) is 3.63. The van der Waals surface area contributed by atoms with E-state index in [0.29, 0.717) is 12.0 Å². The largest absolute Gasteiger partial charge is 0.342 e. The minimum Gasteiger partial charge on any atom is -0.342 e. The van der Waals surface area contributed by atoms with E-state index in [4.69, 9.17) is 0 Å². The van der Waals surface area contributed by atoms with E-state index in [9.17, 15) is 4.79 Å². The van der Waals surface area contributed by atoms with Gasteiger partial charge in [0, 0.05) is 62.6 Å². The number of carbonyl (C=O) groups is 1. The van der Waals surface area contributed by atoms with Gasteiger partial charge in [0.2, 0.25) is 11.9 Å². The number of piperidine rings is 1. The number of likely N-dealkylation sites (tertiary alicyclic amines) is 1. The van der Waals surface area contributed by atoms with Crippen LogP contribution in [0.1, 0.15) is 45.6 Å². The normalized spacial score (nSPS) is 24.2. The molecule has 0 spiro atoms. The van der Waals surface area contributed by atoms with Crippen molar-refractivity contribution >= 4 is 11.9 Å². The highest BCUT2D eigenvalue weighted by Gasteiger charge is 2.29. The van der Waals surface area contributed by atoms with Crippen molar-refractivity contribution in [3.63, 3.8) is 0 Å². The average molecular weight is 345 g/mol. The second-order valence-corrected chi connectivity index (χ2v) is 7.78. The van der Waals surface area contributed by atoms with Crippen LogP contribution in [0.25, 0.3) is 0 Å². The van der Waals surface area contributed by atoms with E-state index < -0.39 is 0 Å². The van der Waals surface area contributed by atoms with Crippen LogP contribution in [-0.4, -0.2) is 53.0 Å². The van der Waals surface area contributed by atoms with Gasteiger partial charge >= 0.3 is 0 Å². The van der Waals surface area contributed by atoms with Gasteiger partial charge in [-0.05, 0) is 25.2 Å². The highest BCUT2D eigenvalue weighted by atomic mass is 16.2. The number of hydrogen-bond donors (Lipinski definition) is 1. The quantitative estimate of drug-likeness (QED) is 0.885. The van der Waals surface area contributed by atoms with Crippen molar-refractivity contribution < 1.29 is 4.79 Å². The predicted octanol–water partition coefficient (Wildman–Crippen LogP) is 2.06. The van der Waals surface area contributed by atoms with E-state index in [1.165, 1.54) is 12.8 Å². The Bertz CT molecular complexity index is 568. The Morgan fingerprint density at radius 2 is 1.92 bits per heavy atom. The zero-order valence-electron chi connectivity index (χ0n) is 15.7. The van der Waals surface area contributed by atoms with Crippen LogP contribution >= 0.6 is 0 Å². The van der Waals surface area contributed by atoms with Crippen LogP contribution in [0.5, 0.6) is 0 Å². The summed E-state index contributed by atoms with van der Waals surface area (Å²) in [4.78, 5) is 25.5. The third kappa shape index (κ3) is 4.48. The first-order chi connectivity index (χ1) is 12.0. The summed E-state index contributed by atoms with van der Waals surface area (Å²) in [5.41, 5.74) is 1.12. The molecule has 0 saturated carbocycles. The van der Waals surface area contributed by atoms with Crippen molar-refractivity contribution in [2.24, 2.45) is 11.8 Å². The number of nitrogens with one attached hydrogen (secondary N) is 1. The molecule has 3 heterocycles. The first-order valence-electron chi connectivity index (χ1n) is 9.62. The highest BCUT2D eigenvalue weighted by molar-refractivity contribution is 5.78. The average Bonchev–Trinajstić information content (AvgIpc) is 3.15. The van der Waals surface area contributed by atoms with Crippen LogP contribution in [-0.2, 0) is 11.3 Å². The molecular formula is C19H31N5O. The summed E-state index contributed by atoms with van der Waals surface area (Å²) in [6.07, 6.45) is 7.36. The number of carbonyl (C=O) groups excluding carboxylic acids is 1. The van der Waals surface area contributed by atoms with Crippen molar-refractivity contribution in [3.05, 3.63) is 18.0 Å². The van der Waals surface area contributed by atoms with E-state index in [-0.39, 0.29) is 11.8 Å². The SMILES string of the molecule is CC(C)C(=O)N1CC[C@H](NCc2cnc(N3CCCC3)nc2)[C@@H](C)C1. The molecule has 3 rings (SSSR count). The van der Waals surface area contributed by atoms with Gasteiger partial charge in [-0.2, -0.15) is 0 Å². The lowest BCUT2D eigenvalue weighted by Crippen LogP contribution is -2.50. The summed E-state index contributed by atoms with van der Waals surface area (Å²) >= 11 is 0. The first-order valence-corrected chi connectivity index (χ1v) is 9.62. The Kier molecular flexibility index (Phi) is 5.89. The van der Waals surface area contributed by atoms with Crippen molar-refractivity contribution in [1.29, 1.82) is 0 Å².